The summed E-state index contributed by atoms with van der Waals surface area (Å²) in [7, 11) is 0. The maximum atomic E-state index is 5.51. The van der Waals surface area contributed by atoms with Crippen LogP contribution < -0.4 is 0 Å². The first kappa shape index (κ1) is 24.9. The first-order valence-electron chi connectivity index (χ1n) is 13.4. The molecule has 0 spiro atoms. The highest BCUT2D eigenvalue weighted by atomic mass is 14.8. The van der Waals surface area contributed by atoms with Gasteiger partial charge in [0.1, 0.15) is 0 Å². The monoisotopic (exact) mass is 484 g/mol. The quantitative estimate of drug-likeness (QED) is 0.260. The van der Waals surface area contributed by atoms with E-state index in [1.807, 2.05) is 6.08 Å². The smallest absolute Gasteiger partial charge is 0.0979 e. The Labute approximate surface area is 221 Å². The fourth-order valence-corrected chi connectivity index (χ4v) is 5.42. The van der Waals surface area contributed by atoms with Crippen molar-refractivity contribution >= 4 is 39.6 Å². The zero-order valence-corrected chi connectivity index (χ0v) is 22.8. The maximum absolute atomic E-state index is 5.51. The molecule has 0 bridgehead atoms. The van der Waals surface area contributed by atoms with Crippen molar-refractivity contribution in [2.75, 3.05) is 0 Å². The van der Waals surface area contributed by atoms with Crippen molar-refractivity contribution < 1.29 is 0 Å². The first-order valence-corrected chi connectivity index (χ1v) is 13.4. The second kappa shape index (κ2) is 9.94. The molecule has 4 aromatic rings. The molecule has 0 radical (unpaired) electrons. The van der Waals surface area contributed by atoms with Crippen molar-refractivity contribution in [2.24, 2.45) is 9.98 Å². The van der Waals surface area contributed by atoms with Gasteiger partial charge in [0.25, 0.3) is 0 Å². The second-order valence-corrected chi connectivity index (χ2v) is 10.9. The van der Waals surface area contributed by atoms with Crippen molar-refractivity contribution in [2.45, 2.75) is 59.3 Å². The Bertz CT molecular complexity index is 1530. The third kappa shape index (κ3) is 4.35. The molecule has 5 rings (SSSR count). The van der Waals surface area contributed by atoms with Gasteiger partial charge in [-0.2, -0.15) is 0 Å². The van der Waals surface area contributed by atoms with Crippen LogP contribution in [0.1, 0.15) is 92.7 Å². The van der Waals surface area contributed by atoms with Crippen molar-refractivity contribution in [1.29, 1.82) is 0 Å². The lowest BCUT2D eigenvalue weighted by molar-refractivity contribution is 0.835. The average molecular weight is 485 g/mol. The van der Waals surface area contributed by atoms with Crippen LogP contribution in [0.4, 0.5) is 11.4 Å². The lowest BCUT2D eigenvalue weighted by Gasteiger charge is -2.18. The Morgan fingerprint density at radius 1 is 0.568 bits per heavy atom. The van der Waals surface area contributed by atoms with Crippen LogP contribution in [-0.2, 0) is 0 Å². The predicted octanol–water partition coefficient (Wildman–Crippen LogP) is 10.1. The molecule has 0 heterocycles. The molecule has 0 amide bonds. The summed E-state index contributed by atoms with van der Waals surface area (Å²) in [5.41, 5.74) is 11.1. The molecule has 0 saturated carbocycles. The van der Waals surface area contributed by atoms with Gasteiger partial charge in [-0.15, -0.1) is 0 Å². The molecule has 1 aliphatic carbocycles. The van der Waals surface area contributed by atoms with Crippen LogP contribution in [0.2, 0.25) is 0 Å². The van der Waals surface area contributed by atoms with Gasteiger partial charge in [-0.1, -0.05) is 127 Å². The Morgan fingerprint density at radius 2 is 1.00 bits per heavy atom. The normalized spacial score (nSPS) is 15.2. The topological polar surface area (TPSA) is 24.7 Å². The van der Waals surface area contributed by atoms with E-state index in [9.17, 15) is 0 Å². The fourth-order valence-electron chi connectivity index (χ4n) is 5.42. The molecule has 0 aliphatic heterocycles. The van der Waals surface area contributed by atoms with Crippen LogP contribution in [0, 0.1) is 0 Å². The number of para-hydroxylation sites is 2. The molecule has 0 aromatic heterocycles. The molecular formula is C35H36N2. The Morgan fingerprint density at radius 3 is 1.49 bits per heavy atom. The number of nitrogens with zero attached hydrogens (tertiary/aromatic N) is 2. The summed E-state index contributed by atoms with van der Waals surface area (Å²) in [6.07, 6.45) is 1.91. The van der Waals surface area contributed by atoms with E-state index in [0.717, 1.165) is 39.5 Å². The second-order valence-electron chi connectivity index (χ2n) is 10.9. The molecular weight excluding hydrogens is 448 g/mol. The molecule has 37 heavy (non-hydrogen) atoms. The van der Waals surface area contributed by atoms with Gasteiger partial charge in [0, 0.05) is 16.5 Å². The molecule has 0 unspecified atom stereocenters. The minimum absolute atomic E-state index is 0.341. The van der Waals surface area contributed by atoms with Crippen LogP contribution in [0.25, 0.3) is 16.8 Å². The largest absolute Gasteiger partial charge is 0.245 e. The van der Waals surface area contributed by atoms with Crippen molar-refractivity contribution in [1.82, 2.24) is 0 Å². The molecule has 0 atom stereocenters. The number of aliphatic imine (C=N–C) groups is 2. The van der Waals surface area contributed by atoms with E-state index in [1.165, 1.54) is 27.5 Å². The van der Waals surface area contributed by atoms with Gasteiger partial charge in [0.05, 0.1) is 22.8 Å². The summed E-state index contributed by atoms with van der Waals surface area (Å²) in [5.74, 6) is 1.08. The van der Waals surface area contributed by atoms with E-state index in [4.69, 9.17) is 9.98 Å². The Balaban J connectivity index is 1.88. The standard InChI is InChI=1S/C35H36N2/c1-8-24-13-9-16-26(21(2)3)32(24)36-34-29-19-10-14-25-15-11-20-30(31(25)29)35(34)37-33-27(22(4)5)17-12-18-28(33)23(6)7/h8-23H,1H2,2-7H3. The van der Waals surface area contributed by atoms with Gasteiger partial charge < -0.3 is 0 Å². The number of rotatable bonds is 6. The summed E-state index contributed by atoms with van der Waals surface area (Å²) < 4.78 is 0. The van der Waals surface area contributed by atoms with E-state index in [2.05, 4.69) is 121 Å². The highest BCUT2D eigenvalue weighted by Gasteiger charge is 2.29. The van der Waals surface area contributed by atoms with Crippen LogP contribution in [0.3, 0.4) is 0 Å². The zero-order valence-electron chi connectivity index (χ0n) is 22.8. The highest BCUT2D eigenvalue weighted by Crippen LogP contribution is 2.40. The molecule has 4 aromatic carbocycles. The average Bonchev–Trinajstić information content (AvgIpc) is 3.18. The molecule has 2 nitrogen and oxygen atoms in total. The van der Waals surface area contributed by atoms with E-state index in [0.29, 0.717) is 17.8 Å². The Kier molecular flexibility index (Phi) is 6.69. The molecule has 2 heteroatoms. The summed E-state index contributed by atoms with van der Waals surface area (Å²) >= 11 is 0. The fraction of sp³-hybridized carbons (Fsp3) is 0.257. The maximum Gasteiger partial charge on any atom is 0.0979 e. The lowest BCUT2D eigenvalue weighted by atomic mass is 9.92. The van der Waals surface area contributed by atoms with Gasteiger partial charge in [-0.25, -0.2) is 9.98 Å². The van der Waals surface area contributed by atoms with Crippen molar-refractivity contribution in [3.63, 3.8) is 0 Å². The highest BCUT2D eigenvalue weighted by molar-refractivity contribution is 6.61. The van der Waals surface area contributed by atoms with Crippen LogP contribution in [0.5, 0.6) is 0 Å². The van der Waals surface area contributed by atoms with Gasteiger partial charge in [0.15, 0.2) is 0 Å². The van der Waals surface area contributed by atoms with Crippen LogP contribution >= 0.6 is 0 Å². The van der Waals surface area contributed by atoms with Crippen LogP contribution in [0.15, 0.2) is 89.4 Å². The van der Waals surface area contributed by atoms with E-state index in [1.54, 1.807) is 0 Å². The van der Waals surface area contributed by atoms with Crippen LogP contribution in [-0.4, -0.2) is 11.4 Å². The third-order valence-electron chi connectivity index (χ3n) is 7.37. The number of hydrogen-bond acceptors (Lipinski definition) is 2. The van der Waals surface area contributed by atoms with E-state index in [-0.39, 0.29) is 0 Å². The predicted molar refractivity (Wildman–Crippen MR) is 162 cm³/mol. The summed E-state index contributed by atoms with van der Waals surface area (Å²) in [6, 6.07) is 26.0. The molecule has 1 aliphatic rings. The molecule has 186 valence electrons. The van der Waals surface area contributed by atoms with Crippen molar-refractivity contribution in [3.05, 3.63) is 113 Å². The van der Waals surface area contributed by atoms with Crippen molar-refractivity contribution in [3.8, 4) is 0 Å². The lowest BCUT2D eigenvalue weighted by Crippen LogP contribution is -2.11. The SMILES string of the molecule is C=Cc1cccc(C(C)C)c1N=C1C(=Nc2c(C(C)C)cccc2C(C)C)c2cccc3cccc1c23. The first-order chi connectivity index (χ1) is 17.8. The zero-order chi connectivity index (χ0) is 26.3. The van der Waals surface area contributed by atoms with Gasteiger partial charge >= 0.3 is 0 Å². The van der Waals surface area contributed by atoms with Gasteiger partial charge in [-0.05, 0) is 45.4 Å². The summed E-state index contributed by atoms with van der Waals surface area (Å²) in [4.78, 5) is 10.9. The summed E-state index contributed by atoms with van der Waals surface area (Å²) in [6.45, 7) is 17.5. The third-order valence-corrected chi connectivity index (χ3v) is 7.37. The van der Waals surface area contributed by atoms with E-state index >= 15 is 0 Å². The van der Waals surface area contributed by atoms with E-state index < -0.39 is 0 Å². The van der Waals surface area contributed by atoms with Gasteiger partial charge in [-0.3, -0.25) is 0 Å². The number of hydrogen-bond donors (Lipinski definition) is 0. The summed E-state index contributed by atoms with van der Waals surface area (Å²) in [5, 5.41) is 2.45. The molecule has 0 saturated heterocycles. The minimum atomic E-state index is 0.341. The molecule has 0 N–H and O–H groups in total. The Hall–Kier alpha value is -3.78. The minimum Gasteiger partial charge on any atom is -0.245 e. The van der Waals surface area contributed by atoms with Gasteiger partial charge in [0.2, 0.25) is 0 Å². The number of benzene rings is 4. The molecule has 0 fully saturated rings.